The number of nitrogens with zero attached hydrogens (tertiary/aromatic N) is 1. The number of nitrogens with one attached hydrogen (secondary N) is 1. The van der Waals surface area contributed by atoms with E-state index in [0.29, 0.717) is 17.0 Å². The number of hydrogen-bond donors (Lipinski definition) is 1. The van der Waals surface area contributed by atoms with E-state index in [2.05, 4.69) is 46.9 Å². The van der Waals surface area contributed by atoms with Crippen molar-refractivity contribution in [3.8, 4) is 11.1 Å². The van der Waals surface area contributed by atoms with Crippen molar-refractivity contribution in [3.05, 3.63) is 77.2 Å². The van der Waals surface area contributed by atoms with E-state index in [1.165, 1.54) is 5.56 Å². The molecule has 0 bridgehead atoms. The van der Waals surface area contributed by atoms with Gasteiger partial charge in [-0.2, -0.15) is 0 Å². The number of hydrogen-bond acceptors (Lipinski definition) is 3. The lowest BCUT2D eigenvalue weighted by molar-refractivity contribution is 0.0937. The molecule has 0 aliphatic carbocycles. The molecule has 4 nitrogen and oxygen atoms in total. The second-order valence-electron chi connectivity index (χ2n) is 6.85. The maximum Gasteiger partial charge on any atom is 0.257 e. The smallest absolute Gasteiger partial charge is 0.257 e. The molecule has 0 saturated carbocycles. The van der Waals surface area contributed by atoms with Crippen molar-refractivity contribution in [2.75, 3.05) is 0 Å². The number of rotatable bonds is 5. The zero-order chi connectivity index (χ0) is 18.7. The fourth-order valence-electron chi connectivity index (χ4n) is 3.00. The first-order chi connectivity index (χ1) is 12.5. The molecule has 26 heavy (non-hydrogen) atoms. The largest absolute Gasteiger partial charge is 0.360 e. The molecule has 1 amide bonds. The van der Waals surface area contributed by atoms with E-state index in [-0.39, 0.29) is 17.9 Å². The van der Waals surface area contributed by atoms with Crippen LogP contribution in [0.15, 0.2) is 59.1 Å². The molecule has 3 rings (SSSR count). The van der Waals surface area contributed by atoms with Gasteiger partial charge in [-0.25, -0.2) is 0 Å². The van der Waals surface area contributed by atoms with E-state index in [1.54, 1.807) is 6.92 Å². The van der Waals surface area contributed by atoms with Crippen LogP contribution in [0.5, 0.6) is 0 Å². The molecule has 0 spiro atoms. The zero-order valence-corrected chi connectivity index (χ0v) is 15.6. The molecule has 0 aliphatic rings. The summed E-state index contributed by atoms with van der Waals surface area (Å²) in [5.74, 6) is 0.594. The average molecular weight is 348 g/mol. The molecule has 0 saturated heterocycles. The highest BCUT2D eigenvalue weighted by molar-refractivity contribution is 5.96. The maximum absolute atomic E-state index is 12.7. The van der Waals surface area contributed by atoms with Gasteiger partial charge in [0, 0.05) is 5.92 Å². The van der Waals surface area contributed by atoms with Gasteiger partial charge in [0.2, 0.25) is 0 Å². The van der Waals surface area contributed by atoms with E-state index in [1.807, 2.05) is 39.0 Å². The second kappa shape index (κ2) is 7.56. The first-order valence-electron chi connectivity index (χ1n) is 8.89. The van der Waals surface area contributed by atoms with Crippen LogP contribution < -0.4 is 5.32 Å². The molecule has 3 aromatic rings. The summed E-state index contributed by atoms with van der Waals surface area (Å²) >= 11 is 0. The Morgan fingerprint density at radius 3 is 2.19 bits per heavy atom. The summed E-state index contributed by atoms with van der Waals surface area (Å²) in [4.78, 5) is 12.7. The van der Waals surface area contributed by atoms with Crippen molar-refractivity contribution < 1.29 is 9.32 Å². The van der Waals surface area contributed by atoms with E-state index in [9.17, 15) is 4.79 Å². The molecule has 0 radical (unpaired) electrons. The Kier molecular flexibility index (Phi) is 5.21. The first-order valence-corrected chi connectivity index (χ1v) is 8.89. The fourth-order valence-corrected chi connectivity index (χ4v) is 3.00. The number of carbonyl (C=O) groups excluding carboxylic acids is 1. The van der Waals surface area contributed by atoms with E-state index in [4.69, 9.17) is 4.52 Å². The number of benzene rings is 2. The third kappa shape index (κ3) is 3.69. The van der Waals surface area contributed by atoms with Crippen molar-refractivity contribution in [1.82, 2.24) is 10.5 Å². The monoisotopic (exact) mass is 348 g/mol. The van der Waals surface area contributed by atoms with E-state index < -0.39 is 0 Å². The van der Waals surface area contributed by atoms with Crippen LogP contribution in [0.4, 0.5) is 0 Å². The van der Waals surface area contributed by atoms with Crippen molar-refractivity contribution in [1.29, 1.82) is 0 Å². The summed E-state index contributed by atoms with van der Waals surface area (Å²) in [5, 5.41) is 7.00. The van der Waals surface area contributed by atoms with Crippen molar-refractivity contribution in [3.63, 3.8) is 0 Å². The van der Waals surface area contributed by atoms with Crippen LogP contribution in [0.3, 0.4) is 0 Å². The third-order valence-corrected chi connectivity index (χ3v) is 4.51. The van der Waals surface area contributed by atoms with E-state index in [0.717, 1.165) is 11.1 Å². The van der Waals surface area contributed by atoms with Crippen LogP contribution in [0.25, 0.3) is 11.1 Å². The average Bonchev–Trinajstić information content (AvgIpc) is 3.04. The van der Waals surface area contributed by atoms with Gasteiger partial charge in [0.25, 0.3) is 5.91 Å². The summed E-state index contributed by atoms with van der Waals surface area (Å²) in [6, 6.07) is 18.4. The minimum Gasteiger partial charge on any atom is -0.360 e. The normalized spacial score (nSPS) is 12.2. The van der Waals surface area contributed by atoms with Crippen molar-refractivity contribution in [2.24, 2.45) is 0 Å². The highest BCUT2D eigenvalue weighted by Crippen LogP contribution is 2.24. The van der Waals surface area contributed by atoms with Gasteiger partial charge < -0.3 is 9.84 Å². The van der Waals surface area contributed by atoms with Gasteiger partial charge in [0.1, 0.15) is 5.56 Å². The topological polar surface area (TPSA) is 55.1 Å². The molecule has 0 aliphatic heterocycles. The summed E-state index contributed by atoms with van der Waals surface area (Å²) in [5.41, 5.74) is 4.56. The minimum absolute atomic E-state index is 0.109. The van der Waals surface area contributed by atoms with Crippen LogP contribution in [0, 0.1) is 6.92 Å². The SMILES string of the molecule is Cc1noc(C(C)C)c1C(=O)N[C@H](C)c1ccc(-c2ccccc2)cc1. The van der Waals surface area contributed by atoms with Gasteiger partial charge in [-0.15, -0.1) is 0 Å². The summed E-state index contributed by atoms with van der Waals surface area (Å²) < 4.78 is 5.32. The standard InChI is InChI=1S/C22H24N2O2/c1-14(2)21-20(16(4)24-26-21)22(25)23-15(3)17-10-12-19(13-11-17)18-8-6-5-7-9-18/h5-15H,1-4H3,(H,23,25)/t15-/m1/s1. The highest BCUT2D eigenvalue weighted by Gasteiger charge is 2.23. The van der Waals surface area contributed by atoms with Crippen LogP contribution in [0.1, 0.15) is 60.1 Å². The number of aromatic nitrogens is 1. The lowest BCUT2D eigenvalue weighted by Crippen LogP contribution is -2.27. The quantitative estimate of drug-likeness (QED) is 0.684. The Morgan fingerprint density at radius 1 is 0.962 bits per heavy atom. The summed E-state index contributed by atoms with van der Waals surface area (Å²) in [6.45, 7) is 7.75. The third-order valence-electron chi connectivity index (χ3n) is 4.51. The summed E-state index contributed by atoms with van der Waals surface area (Å²) in [6.07, 6.45) is 0. The summed E-state index contributed by atoms with van der Waals surface area (Å²) in [7, 11) is 0. The molecular weight excluding hydrogens is 324 g/mol. The minimum atomic E-state index is -0.146. The molecule has 0 unspecified atom stereocenters. The van der Waals surface area contributed by atoms with Crippen LogP contribution in [-0.2, 0) is 0 Å². The molecule has 0 fully saturated rings. The molecule has 4 heteroatoms. The number of carbonyl (C=O) groups is 1. The maximum atomic E-state index is 12.7. The Bertz CT molecular complexity index is 880. The predicted octanol–water partition coefficient (Wildman–Crippen LogP) is 5.26. The lowest BCUT2D eigenvalue weighted by atomic mass is 10.0. The second-order valence-corrected chi connectivity index (χ2v) is 6.85. The van der Waals surface area contributed by atoms with Gasteiger partial charge in [-0.05, 0) is 30.5 Å². The molecule has 1 N–H and O–H groups in total. The van der Waals surface area contributed by atoms with Crippen LogP contribution in [0.2, 0.25) is 0 Å². The van der Waals surface area contributed by atoms with Crippen molar-refractivity contribution in [2.45, 2.75) is 39.7 Å². The Labute approximate surface area is 154 Å². The first kappa shape index (κ1) is 17.9. The van der Waals surface area contributed by atoms with Gasteiger partial charge >= 0.3 is 0 Å². The Morgan fingerprint density at radius 2 is 1.58 bits per heavy atom. The Hall–Kier alpha value is -2.88. The molecule has 1 heterocycles. The predicted molar refractivity (Wildman–Crippen MR) is 103 cm³/mol. The lowest BCUT2D eigenvalue weighted by Gasteiger charge is -2.15. The highest BCUT2D eigenvalue weighted by atomic mass is 16.5. The van der Waals surface area contributed by atoms with Crippen LogP contribution >= 0.6 is 0 Å². The van der Waals surface area contributed by atoms with Crippen molar-refractivity contribution >= 4 is 5.91 Å². The number of aryl methyl sites for hydroxylation is 1. The molecule has 2 aromatic carbocycles. The van der Waals surface area contributed by atoms with Gasteiger partial charge in [0.05, 0.1) is 11.7 Å². The van der Waals surface area contributed by atoms with Gasteiger partial charge in [-0.1, -0.05) is 73.6 Å². The fraction of sp³-hybridized carbons (Fsp3) is 0.273. The molecular formula is C22H24N2O2. The Balaban J connectivity index is 1.75. The van der Waals surface area contributed by atoms with Gasteiger partial charge in [-0.3, -0.25) is 4.79 Å². The molecule has 1 atom stereocenters. The molecule has 1 aromatic heterocycles. The van der Waals surface area contributed by atoms with Gasteiger partial charge in [0.15, 0.2) is 5.76 Å². The molecule has 134 valence electrons. The zero-order valence-electron chi connectivity index (χ0n) is 15.6. The number of amides is 1. The van der Waals surface area contributed by atoms with E-state index >= 15 is 0 Å². The van der Waals surface area contributed by atoms with Crippen LogP contribution in [-0.4, -0.2) is 11.1 Å².